The highest BCUT2D eigenvalue weighted by Gasteiger charge is 2.02. The number of aryl methyl sites for hydroxylation is 1. The molecule has 1 aromatic heterocycles. The lowest BCUT2D eigenvalue weighted by Gasteiger charge is -2.07. The van der Waals surface area contributed by atoms with Gasteiger partial charge in [0.25, 0.3) is 0 Å². The second kappa shape index (κ2) is 5.58. The third-order valence-corrected chi connectivity index (χ3v) is 3.87. The van der Waals surface area contributed by atoms with Crippen LogP contribution in [0.25, 0.3) is 0 Å². The smallest absolute Gasteiger partial charge is 0.229 e. The van der Waals surface area contributed by atoms with E-state index in [1.807, 2.05) is 24.4 Å². The molecule has 0 saturated heterocycles. The lowest BCUT2D eigenvalue weighted by atomic mass is 10.3. The summed E-state index contributed by atoms with van der Waals surface area (Å²) in [5.74, 6) is 0. The van der Waals surface area contributed by atoms with Crippen LogP contribution in [0.4, 0.5) is 11.4 Å². The fourth-order valence-corrected chi connectivity index (χ4v) is 2.81. The minimum Gasteiger partial charge on any atom is -0.379 e. The quantitative estimate of drug-likeness (QED) is 0.889. The molecular formula is C12H15N3O2S2. The van der Waals surface area contributed by atoms with Crippen molar-refractivity contribution in [1.29, 1.82) is 0 Å². The van der Waals surface area contributed by atoms with Crippen molar-refractivity contribution in [1.82, 2.24) is 4.98 Å². The molecule has 0 bridgehead atoms. The van der Waals surface area contributed by atoms with Crippen molar-refractivity contribution in [2.45, 2.75) is 13.5 Å². The van der Waals surface area contributed by atoms with Crippen LogP contribution in [-0.4, -0.2) is 19.7 Å². The number of aromatic nitrogens is 1. The zero-order valence-electron chi connectivity index (χ0n) is 10.7. The van der Waals surface area contributed by atoms with Crippen LogP contribution in [0.5, 0.6) is 0 Å². The summed E-state index contributed by atoms with van der Waals surface area (Å²) in [5.41, 5.74) is 2.50. The van der Waals surface area contributed by atoms with E-state index >= 15 is 0 Å². The lowest BCUT2D eigenvalue weighted by molar-refractivity contribution is 0.607. The summed E-state index contributed by atoms with van der Waals surface area (Å²) < 4.78 is 24.5. The average molecular weight is 297 g/mol. The van der Waals surface area contributed by atoms with Crippen LogP contribution in [0.2, 0.25) is 0 Å². The second-order valence-corrected chi connectivity index (χ2v) is 6.88. The van der Waals surface area contributed by atoms with E-state index in [9.17, 15) is 8.42 Å². The van der Waals surface area contributed by atoms with Crippen LogP contribution >= 0.6 is 11.3 Å². The standard InChI is InChI=1S/C12H15N3O2S2/c1-9-8-18-12(14-9)7-13-10-3-5-11(6-4-10)15-19(2,16)17/h3-6,8,13,15H,7H2,1-2H3. The Hall–Kier alpha value is -1.60. The normalized spacial score (nSPS) is 11.3. The van der Waals surface area contributed by atoms with E-state index in [0.29, 0.717) is 12.2 Å². The van der Waals surface area contributed by atoms with Crippen molar-refractivity contribution >= 4 is 32.7 Å². The summed E-state index contributed by atoms with van der Waals surface area (Å²) in [5, 5.41) is 6.27. The minimum atomic E-state index is -3.22. The number of benzene rings is 1. The van der Waals surface area contributed by atoms with E-state index in [2.05, 4.69) is 15.0 Å². The van der Waals surface area contributed by atoms with E-state index in [4.69, 9.17) is 0 Å². The predicted molar refractivity (Wildman–Crippen MR) is 79.1 cm³/mol. The van der Waals surface area contributed by atoms with Crippen LogP contribution < -0.4 is 10.0 Å². The number of thiazole rings is 1. The molecule has 2 rings (SSSR count). The molecule has 1 aromatic carbocycles. The molecular weight excluding hydrogens is 282 g/mol. The first kappa shape index (κ1) is 13.8. The highest BCUT2D eigenvalue weighted by Crippen LogP contribution is 2.16. The number of hydrogen-bond acceptors (Lipinski definition) is 5. The molecule has 19 heavy (non-hydrogen) atoms. The topological polar surface area (TPSA) is 71.1 Å². The van der Waals surface area contributed by atoms with Gasteiger partial charge in [-0.25, -0.2) is 13.4 Å². The average Bonchev–Trinajstić information content (AvgIpc) is 2.72. The second-order valence-electron chi connectivity index (χ2n) is 4.19. The Balaban J connectivity index is 1.95. The number of rotatable bonds is 5. The van der Waals surface area contributed by atoms with Crippen molar-refractivity contribution in [2.24, 2.45) is 0 Å². The van der Waals surface area contributed by atoms with Gasteiger partial charge in [-0.2, -0.15) is 0 Å². The molecule has 1 heterocycles. The summed E-state index contributed by atoms with van der Waals surface area (Å²) >= 11 is 1.61. The molecule has 2 aromatic rings. The minimum absolute atomic E-state index is 0.554. The van der Waals surface area contributed by atoms with Gasteiger partial charge in [0.2, 0.25) is 10.0 Å². The van der Waals surface area contributed by atoms with Crippen LogP contribution in [0.3, 0.4) is 0 Å². The Morgan fingerprint density at radius 1 is 1.21 bits per heavy atom. The van der Waals surface area contributed by atoms with Crippen molar-refractivity contribution in [3.63, 3.8) is 0 Å². The maximum Gasteiger partial charge on any atom is 0.229 e. The zero-order chi connectivity index (χ0) is 13.9. The zero-order valence-corrected chi connectivity index (χ0v) is 12.3. The van der Waals surface area contributed by atoms with Gasteiger partial charge in [-0.15, -0.1) is 11.3 Å². The van der Waals surface area contributed by atoms with Crippen LogP contribution in [0.1, 0.15) is 10.7 Å². The van der Waals surface area contributed by atoms with Crippen LogP contribution in [0.15, 0.2) is 29.6 Å². The first-order valence-electron chi connectivity index (χ1n) is 5.65. The Kier molecular flexibility index (Phi) is 4.06. The SMILES string of the molecule is Cc1csc(CNc2ccc(NS(C)(=O)=O)cc2)n1. The maximum absolute atomic E-state index is 11.1. The van der Waals surface area contributed by atoms with Gasteiger partial charge in [0, 0.05) is 22.4 Å². The molecule has 0 aliphatic carbocycles. The molecule has 0 atom stereocenters. The molecule has 0 unspecified atom stereocenters. The molecule has 2 N–H and O–H groups in total. The number of anilines is 2. The lowest BCUT2D eigenvalue weighted by Crippen LogP contribution is -2.09. The summed E-state index contributed by atoms with van der Waals surface area (Å²) in [6.07, 6.45) is 1.13. The molecule has 102 valence electrons. The van der Waals surface area contributed by atoms with E-state index in [-0.39, 0.29) is 0 Å². The highest BCUT2D eigenvalue weighted by atomic mass is 32.2. The Bertz CT molecular complexity index is 648. The third kappa shape index (κ3) is 4.53. The van der Waals surface area contributed by atoms with E-state index < -0.39 is 10.0 Å². The number of nitrogens with zero attached hydrogens (tertiary/aromatic N) is 1. The molecule has 5 nitrogen and oxygen atoms in total. The third-order valence-electron chi connectivity index (χ3n) is 2.30. The summed E-state index contributed by atoms with van der Waals surface area (Å²) in [6, 6.07) is 7.09. The van der Waals surface area contributed by atoms with Gasteiger partial charge in [0.15, 0.2) is 0 Å². The van der Waals surface area contributed by atoms with Gasteiger partial charge in [-0.1, -0.05) is 0 Å². The van der Waals surface area contributed by atoms with Gasteiger partial charge < -0.3 is 5.32 Å². The fourth-order valence-electron chi connectivity index (χ4n) is 1.53. The number of nitrogens with one attached hydrogen (secondary N) is 2. The van der Waals surface area contributed by atoms with E-state index in [1.165, 1.54) is 0 Å². The van der Waals surface area contributed by atoms with Gasteiger partial charge in [0.1, 0.15) is 5.01 Å². The van der Waals surface area contributed by atoms with Gasteiger partial charge in [-0.3, -0.25) is 4.72 Å². The van der Waals surface area contributed by atoms with Crippen molar-refractivity contribution in [2.75, 3.05) is 16.3 Å². The van der Waals surface area contributed by atoms with Crippen molar-refractivity contribution in [3.8, 4) is 0 Å². The number of hydrogen-bond donors (Lipinski definition) is 2. The molecule has 0 aliphatic heterocycles. The Morgan fingerprint density at radius 3 is 2.37 bits per heavy atom. The molecule has 0 radical (unpaired) electrons. The highest BCUT2D eigenvalue weighted by molar-refractivity contribution is 7.92. The number of sulfonamides is 1. The van der Waals surface area contributed by atoms with Crippen LogP contribution in [-0.2, 0) is 16.6 Å². The molecule has 0 amide bonds. The Morgan fingerprint density at radius 2 is 1.84 bits per heavy atom. The summed E-state index contributed by atoms with van der Waals surface area (Å²) in [6.45, 7) is 2.63. The van der Waals surface area contributed by atoms with Crippen LogP contribution in [0, 0.1) is 6.92 Å². The predicted octanol–water partition coefficient (Wildman–Crippen LogP) is 2.44. The Labute approximate surface area is 116 Å². The van der Waals surface area contributed by atoms with Gasteiger partial charge in [-0.05, 0) is 31.2 Å². The first-order valence-corrected chi connectivity index (χ1v) is 8.42. The van der Waals surface area contributed by atoms with Crippen molar-refractivity contribution < 1.29 is 8.42 Å². The van der Waals surface area contributed by atoms with E-state index in [1.54, 1.807) is 23.5 Å². The van der Waals surface area contributed by atoms with Gasteiger partial charge >= 0.3 is 0 Å². The monoisotopic (exact) mass is 297 g/mol. The molecule has 0 spiro atoms. The fraction of sp³-hybridized carbons (Fsp3) is 0.250. The summed E-state index contributed by atoms with van der Waals surface area (Å²) in [7, 11) is -3.22. The van der Waals surface area contributed by atoms with Crippen molar-refractivity contribution in [3.05, 3.63) is 40.3 Å². The molecule has 0 saturated carbocycles. The maximum atomic E-state index is 11.1. The largest absolute Gasteiger partial charge is 0.379 e. The molecule has 0 fully saturated rings. The molecule has 7 heteroatoms. The summed E-state index contributed by atoms with van der Waals surface area (Å²) in [4.78, 5) is 4.36. The van der Waals surface area contributed by atoms with E-state index in [0.717, 1.165) is 22.6 Å². The molecule has 0 aliphatic rings. The van der Waals surface area contributed by atoms with Gasteiger partial charge in [0.05, 0.1) is 12.8 Å². The first-order chi connectivity index (χ1) is 8.92.